The van der Waals surface area contributed by atoms with Gasteiger partial charge >= 0.3 is 0 Å². The second-order valence-corrected chi connectivity index (χ2v) is 9.72. The predicted octanol–water partition coefficient (Wildman–Crippen LogP) is 8.60. The monoisotopic (exact) mass is 558 g/mol. The zero-order valence-electron chi connectivity index (χ0n) is 20.8. The van der Waals surface area contributed by atoms with Crippen LogP contribution in [0.15, 0.2) is 156 Å². The normalized spacial score (nSPS) is 15.1. The van der Waals surface area contributed by atoms with Crippen LogP contribution in [0.4, 0.5) is 0 Å². The van der Waals surface area contributed by atoms with Crippen LogP contribution in [0.25, 0.3) is 11.1 Å². The Morgan fingerprint density at radius 1 is 0.553 bits per heavy atom. The Balaban J connectivity index is 1.65. The molecule has 1 atom stereocenters. The summed E-state index contributed by atoms with van der Waals surface area (Å²) in [6.07, 6.45) is -0.272. The molecule has 0 saturated heterocycles. The molecule has 186 valence electrons. The molecule has 0 N–H and O–H groups in total. The maximum atomic E-state index is 4.94. The van der Waals surface area contributed by atoms with Gasteiger partial charge in [-0.3, -0.25) is 0 Å². The number of rotatable bonds is 7. The zero-order chi connectivity index (χ0) is 25.8. The van der Waals surface area contributed by atoms with E-state index in [4.69, 9.17) is 10.4 Å². The second-order valence-electron chi connectivity index (χ2n) is 9.22. The van der Waals surface area contributed by atoms with Crippen LogP contribution in [0.3, 0.4) is 0 Å². The molecule has 1 aliphatic rings. The largest absolute Gasteiger partial charge is 0.238 e. The van der Waals surface area contributed by atoms with Crippen LogP contribution in [0, 0.1) is 0 Å². The van der Waals surface area contributed by atoms with Gasteiger partial charge < -0.3 is 0 Å². The van der Waals surface area contributed by atoms with E-state index < -0.39 is 5.54 Å². The standard InChI is InChI=1S/C33H27BrN4/c34-25-37-32(31-24-14-13-23-30(31)26-15-5-1-6-16-26)38(36-35-37)33(27-17-7-2-8-18-27,28-19-9-3-10-20-28)29-21-11-4-12-22-29/h1-24,32H,25H2. The van der Waals surface area contributed by atoms with Crippen LogP contribution < -0.4 is 0 Å². The molecule has 38 heavy (non-hydrogen) atoms. The van der Waals surface area contributed by atoms with E-state index in [0.29, 0.717) is 5.45 Å². The van der Waals surface area contributed by atoms with Crippen LogP contribution in [-0.2, 0) is 5.54 Å². The molecule has 0 spiro atoms. The van der Waals surface area contributed by atoms with Gasteiger partial charge in [-0.15, -0.1) is 0 Å². The highest BCUT2D eigenvalue weighted by molar-refractivity contribution is 9.09. The number of alkyl halides is 1. The average molecular weight is 560 g/mol. The minimum atomic E-state index is -0.737. The lowest BCUT2D eigenvalue weighted by atomic mass is 9.75. The van der Waals surface area contributed by atoms with Crippen molar-refractivity contribution in [3.05, 3.63) is 168 Å². The summed E-state index contributed by atoms with van der Waals surface area (Å²) in [5.74, 6) is 0. The van der Waals surface area contributed by atoms with E-state index in [0.717, 1.165) is 33.4 Å². The molecule has 0 aromatic heterocycles. The Bertz CT molecular complexity index is 1410. The SMILES string of the molecule is BrCN1N=NN(C(c2ccccc2)(c2ccccc2)c2ccccc2)C1c1ccccc1-c1ccccc1. The van der Waals surface area contributed by atoms with Gasteiger partial charge in [0.15, 0.2) is 6.17 Å². The van der Waals surface area contributed by atoms with Crippen LogP contribution in [0.1, 0.15) is 28.4 Å². The number of hydrogen-bond acceptors (Lipinski definition) is 4. The van der Waals surface area contributed by atoms with Crippen molar-refractivity contribution in [1.82, 2.24) is 10.0 Å². The minimum absolute atomic E-state index is 0.272. The van der Waals surface area contributed by atoms with Crippen molar-refractivity contribution in [1.29, 1.82) is 0 Å². The third-order valence-corrected chi connectivity index (χ3v) is 7.64. The Morgan fingerprint density at radius 2 is 1.00 bits per heavy atom. The van der Waals surface area contributed by atoms with Gasteiger partial charge in [-0.25, -0.2) is 10.0 Å². The van der Waals surface area contributed by atoms with Crippen molar-refractivity contribution in [2.75, 3.05) is 5.45 Å². The number of halogens is 1. The molecule has 5 heteroatoms. The smallest absolute Gasteiger partial charge is 0.166 e. The molecule has 5 aromatic rings. The molecule has 1 aliphatic heterocycles. The zero-order valence-corrected chi connectivity index (χ0v) is 22.4. The van der Waals surface area contributed by atoms with Gasteiger partial charge in [0.1, 0.15) is 5.54 Å². The van der Waals surface area contributed by atoms with E-state index in [1.807, 2.05) is 5.01 Å². The molecule has 6 rings (SSSR count). The first-order chi connectivity index (χ1) is 18.8. The molecule has 4 nitrogen and oxygen atoms in total. The molecule has 1 heterocycles. The highest BCUT2D eigenvalue weighted by Crippen LogP contribution is 2.50. The number of benzene rings is 5. The van der Waals surface area contributed by atoms with Crippen LogP contribution in [0.5, 0.6) is 0 Å². The fourth-order valence-corrected chi connectivity index (χ4v) is 5.86. The highest BCUT2D eigenvalue weighted by atomic mass is 79.9. The highest BCUT2D eigenvalue weighted by Gasteiger charge is 2.50. The van der Waals surface area contributed by atoms with E-state index in [2.05, 4.69) is 167 Å². The van der Waals surface area contributed by atoms with E-state index in [-0.39, 0.29) is 6.17 Å². The first-order valence-corrected chi connectivity index (χ1v) is 13.8. The maximum absolute atomic E-state index is 4.94. The van der Waals surface area contributed by atoms with E-state index in [9.17, 15) is 0 Å². The van der Waals surface area contributed by atoms with Gasteiger partial charge in [0.05, 0.1) is 5.45 Å². The van der Waals surface area contributed by atoms with Crippen LogP contribution in [0.2, 0.25) is 0 Å². The third kappa shape index (κ3) is 4.09. The fraction of sp³-hybridized carbons (Fsp3) is 0.0909. The predicted molar refractivity (Wildman–Crippen MR) is 156 cm³/mol. The Kier molecular flexibility index (Phi) is 6.76. The van der Waals surface area contributed by atoms with Gasteiger partial charge in [0.25, 0.3) is 0 Å². The van der Waals surface area contributed by atoms with Crippen LogP contribution in [-0.4, -0.2) is 15.5 Å². The fourth-order valence-electron chi connectivity index (χ4n) is 5.49. The van der Waals surface area contributed by atoms with Gasteiger partial charge in [0.2, 0.25) is 0 Å². The van der Waals surface area contributed by atoms with E-state index in [1.165, 1.54) is 0 Å². The lowest BCUT2D eigenvalue weighted by Crippen LogP contribution is -2.48. The molecule has 0 saturated carbocycles. The maximum Gasteiger partial charge on any atom is 0.166 e. The van der Waals surface area contributed by atoms with E-state index >= 15 is 0 Å². The lowest BCUT2D eigenvalue weighted by molar-refractivity contribution is 0.0569. The summed E-state index contributed by atoms with van der Waals surface area (Å²) in [6, 6.07) is 51.0. The molecule has 0 fully saturated rings. The molecule has 0 bridgehead atoms. The molecule has 0 aliphatic carbocycles. The summed E-state index contributed by atoms with van der Waals surface area (Å²) >= 11 is 3.70. The Morgan fingerprint density at radius 3 is 1.50 bits per heavy atom. The van der Waals surface area contributed by atoms with Crippen molar-refractivity contribution < 1.29 is 0 Å². The average Bonchev–Trinajstić information content (AvgIpc) is 3.44. The molecule has 1 unspecified atom stereocenters. The number of nitrogens with zero attached hydrogens (tertiary/aromatic N) is 4. The Hall–Kier alpha value is -4.22. The van der Waals surface area contributed by atoms with Crippen molar-refractivity contribution >= 4 is 15.9 Å². The molecule has 0 amide bonds. The number of hydrogen-bond donors (Lipinski definition) is 0. The molecular weight excluding hydrogens is 532 g/mol. The third-order valence-electron chi connectivity index (χ3n) is 7.13. The Labute approximate surface area is 232 Å². The molecule has 0 radical (unpaired) electrons. The molecular formula is C33H27BrN4. The lowest BCUT2D eigenvalue weighted by Gasteiger charge is -2.45. The quantitative estimate of drug-likeness (QED) is 0.114. The first kappa shape index (κ1) is 24.1. The van der Waals surface area contributed by atoms with Gasteiger partial charge in [-0.05, 0) is 33.0 Å². The minimum Gasteiger partial charge on any atom is -0.238 e. The van der Waals surface area contributed by atoms with Crippen LogP contribution >= 0.6 is 15.9 Å². The summed E-state index contributed by atoms with van der Waals surface area (Å²) in [6.45, 7) is 0. The van der Waals surface area contributed by atoms with E-state index in [1.54, 1.807) is 0 Å². The van der Waals surface area contributed by atoms with Gasteiger partial charge in [-0.2, -0.15) is 0 Å². The van der Waals surface area contributed by atoms with Gasteiger partial charge in [-0.1, -0.05) is 167 Å². The topological polar surface area (TPSA) is 31.2 Å². The van der Waals surface area contributed by atoms with Gasteiger partial charge in [0, 0.05) is 5.56 Å². The summed E-state index contributed by atoms with van der Waals surface area (Å²) in [4.78, 5) is 0. The summed E-state index contributed by atoms with van der Waals surface area (Å²) < 4.78 is 0. The summed E-state index contributed by atoms with van der Waals surface area (Å²) in [5, 5.41) is 13.8. The second kappa shape index (κ2) is 10.6. The summed E-state index contributed by atoms with van der Waals surface area (Å²) in [7, 11) is 0. The first-order valence-electron chi connectivity index (χ1n) is 12.7. The van der Waals surface area contributed by atoms with Crippen molar-refractivity contribution in [2.45, 2.75) is 11.7 Å². The van der Waals surface area contributed by atoms with Crippen molar-refractivity contribution in [2.24, 2.45) is 10.4 Å². The van der Waals surface area contributed by atoms with Crippen molar-refractivity contribution in [3.8, 4) is 11.1 Å². The molecule has 5 aromatic carbocycles. The van der Waals surface area contributed by atoms with Crippen molar-refractivity contribution in [3.63, 3.8) is 0 Å². The summed E-state index contributed by atoms with van der Waals surface area (Å²) in [5.41, 5.74) is 6.61.